The van der Waals surface area contributed by atoms with E-state index < -0.39 is 23.4 Å². The maximum Gasteiger partial charge on any atom is 0.326 e. The highest BCUT2D eigenvalue weighted by atomic mass is 35.5. The van der Waals surface area contributed by atoms with Gasteiger partial charge in [-0.2, -0.15) is 0 Å². The van der Waals surface area contributed by atoms with Crippen molar-refractivity contribution in [2.75, 3.05) is 26.6 Å². The van der Waals surface area contributed by atoms with E-state index >= 15 is 0 Å². The van der Waals surface area contributed by atoms with E-state index in [0.717, 1.165) is 90.2 Å². The number of nitrogens with zero attached hydrogens (tertiary/aromatic N) is 8. The third-order valence-corrected chi connectivity index (χ3v) is 20.3. The maximum absolute atomic E-state index is 14.0. The van der Waals surface area contributed by atoms with Crippen LogP contribution in [0.15, 0.2) is 322 Å². The first kappa shape index (κ1) is 83.3. The average molecular weight is 1610 g/mol. The smallest absolute Gasteiger partial charge is 0.313 e. The van der Waals surface area contributed by atoms with Gasteiger partial charge in [0.2, 0.25) is 23.8 Å². The molecule has 17 nitrogen and oxygen atoms in total. The van der Waals surface area contributed by atoms with E-state index in [0.29, 0.717) is 60.1 Å². The van der Waals surface area contributed by atoms with Crippen molar-refractivity contribution >= 4 is 64.8 Å². The quantitative estimate of drug-likeness (QED) is 0.0496. The lowest BCUT2D eigenvalue weighted by Gasteiger charge is -2.10. The van der Waals surface area contributed by atoms with E-state index in [-0.39, 0.29) is 23.1 Å². The number of amides is 5. The summed E-state index contributed by atoms with van der Waals surface area (Å²) in [6.07, 6.45) is 2.58. The van der Waals surface area contributed by atoms with Gasteiger partial charge in [0.15, 0.2) is 0 Å². The highest BCUT2D eigenvalue weighted by Crippen LogP contribution is 2.35. The summed E-state index contributed by atoms with van der Waals surface area (Å²) in [5, 5.41) is 14.9. The molecule has 5 N–H and O–H groups in total. The van der Waals surface area contributed by atoms with Crippen LogP contribution in [0, 0.1) is 39.3 Å². The van der Waals surface area contributed by atoms with Crippen LogP contribution in [-0.4, -0.2) is 62.0 Å². The molecule has 16 rings (SSSR count). The van der Waals surface area contributed by atoms with Gasteiger partial charge in [-0.05, 0) is 111 Å². The summed E-state index contributed by atoms with van der Waals surface area (Å²) < 4.78 is 35.6. The van der Waals surface area contributed by atoms with E-state index in [2.05, 4.69) is 118 Å². The molecule has 5 amide bonds. The van der Waals surface area contributed by atoms with Crippen LogP contribution in [0.3, 0.4) is 0 Å². The van der Waals surface area contributed by atoms with Gasteiger partial charge in [-0.15, -0.1) is 0 Å². The van der Waals surface area contributed by atoms with E-state index in [1.54, 1.807) is 28.8 Å². The third kappa shape index (κ3) is 21.3. The Morgan fingerprint density at radius 2 is 0.583 bits per heavy atom. The molecule has 20 heteroatoms. The van der Waals surface area contributed by atoms with Crippen LogP contribution in [0.4, 0.5) is 43.1 Å². The van der Waals surface area contributed by atoms with Crippen molar-refractivity contribution in [3.05, 3.63) is 422 Å². The minimum absolute atomic E-state index is 0.0120. The van der Waals surface area contributed by atoms with E-state index in [1.165, 1.54) is 52.1 Å². The number of halogens is 3. The summed E-state index contributed by atoms with van der Waals surface area (Å²) in [5.41, 5.74) is 21.9. The Bertz CT molecular complexity index is 6010. The van der Waals surface area contributed by atoms with E-state index in [4.69, 9.17) is 26.6 Å². The molecule has 0 saturated carbocycles. The molecule has 0 atom stereocenters. The largest absolute Gasteiger partial charge is 0.326 e. The number of aromatic nitrogens is 8. The second-order valence-electron chi connectivity index (χ2n) is 29.1. The summed E-state index contributed by atoms with van der Waals surface area (Å²) in [4.78, 5) is 69.6. The van der Waals surface area contributed by atoms with Crippen molar-refractivity contribution in [1.82, 2.24) is 38.2 Å². The van der Waals surface area contributed by atoms with E-state index in [1.807, 2.05) is 256 Å². The zero-order valence-electron chi connectivity index (χ0n) is 67.8. The van der Waals surface area contributed by atoms with Gasteiger partial charge in [0.25, 0.3) is 17.7 Å². The molecule has 600 valence electrons. The fourth-order valence-electron chi connectivity index (χ4n) is 13.9. The Labute approximate surface area is 702 Å². The van der Waals surface area contributed by atoms with Gasteiger partial charge in [-0.1, -0.05) is 295 Å². The average Bonchev–Trinajstić information content (AvgIpc) is 1.66. The predicted octanol–water partition coefficient (Wildman–Crippen LogP) is 22.3. The highest BCUT2D eigenvalue weighted by Gasteiger charge is 2.25. The molecule has 0 bridgehead atoms. The first-order valence-corrected chi connectivity index (χ1v) is 39.5. The second kappa shape index (κ2) is 39.3. The number of carbonyl (C=O) groups is 4. The number of para-hydroxylation sites is 1. The SMILES string of the molecule is Cc1ccc(-c2c(Cc3ccccc3)nc(NC(=O)Nc3ccccc3)n2C)cc1.Cc1ccc(-c2c(Cc3ccccc3)nc(NC(=O)c3cccc(C)c3)n2C)cc1.Cc1ccc(-c2c(Cc3ccccc3)nc(NC(=O)c3ccccc3F)n2C)cc1.Cn1c(NC(=O)c2ccccc2F)nc(Cc2ccccc2)c1-c1ccc(Cl)cc1. The third-order valence-electron chi connectivity index (χ3n) is 20.1. The first-order valence-electron chi connectivity index (χ1n) is 39.1. The summed E-state index contributed by atoms with van der Waals surface area (Å²) in [7, 11) is 7.55. The second-order valence-corrected chi connectivity index (χ2v) is 29.5. The van der Waals surface area contributed by atoms with Gasteiger partial charge in [-0.3, -0.25) is 35.7 Å². The van der Waals surface area contributed by atoms with Crippen molar-refractivity contribution in [3.63, 3.8) is 0 Å². The lowest BCUT2D eigenvalue weighted by Crippen LogP contribution is -2.21. The van der Waals surface area contributed by atoms with Crippen LogP contribution in [0.25, 0.3) is 45.0 Å². The van der Waals surface area contributed by atoms with Crippen molar-refractivity contribution in [1.29, 1.82) is 0 Å². The monoisotopic (exact) mass is 1610 g/mol. The molecule has 0 unspecified atom stereocenters. The van der Waals surface area contributed by atoms with Crippen molar-refractivity contribution in [2.45, 2.75) is 53.4 Å². The molecule has 4 heterocycles. The van der Waals surface area contributed by atoms with Gasteiger partial charge < -0.3 is 23.6 Å². The molecule has 0 aliphatic heterocycles. The number of anilines is 5. The minimum atomic E-state index is -0.577. The van der Waals surface area contributed by atoms with Gasteiger partial charge in [0, 0.05) is 92.4 Å². The molecule has 4 aromatic heterocycles. The van der Waals surface area contributed by atoms with Gasteiger partial charge in [0.1, 0.15) is 11.6 Å². The number of rotatable bonds is 20. The van der Waals surface area contributed by atoms with Crippen LogP contribution < -0.4 is 26.6 Å². The van der Waals surface area contributed by atoms with E-state index in [9.17, 15) is 28.0 Å². The fourth-order valence-corrected chi connectivity index (χ4v) is 14.0. The Morgan fingerprint density at radius 3 is 0.900 bits per heavy atom. The molecule has 0 aliphatic rings. The first-order chi connectivity index (χ1) is 58.2. The number of hydrogen-bond acceptors (Lipinski definition) is 8. The lowest BCUT2D eigenvalue weighted by molar-refractivity contribution is 0.101. The predicted molar refractivity (Wildman–Crippen MR) is 478 cm³/mol. The number of hydrogen-bond donors (Lipinski definition) is 5. The summed E-state index contributed by atoms with van der Waals surface area (Å²) in [6, 6.07) is 101. The van der Waals surface area contributed by atoms with Gasteiger partial charge in [0.05, 0.1) is 56.7 Å². The minimum Gasteiger partial charge on any atom is -0.313 e. The standard InChI is InChI=1S/C26H25N3O.C25H22FN3O.C25H24N4O.C24H19ClFN3O/c1-18-12-14-21(15-13-18)24-23(17-20-9-5-4-6-10-20)27-26(29(24)3)28-25(30)22-11-7-8-19(2)16-22;1-17-12-14-19(15-13-17)23-22(16-18-8-4-3-5-9-18)27-25(29(23)2)28-24(30)20-10-6-7-11-21(20)26;1-18-13-15-20(16-14-18)23-22(17-19-9-5-3-6-10-19)27-24(29(23)2)28-25(30)26-21-11-7-4-8-12-21;1-29-22(17-11-13-18(25)14-12-17)21(15-16-7-3-2-4-8-16)27-24(29)28-23(30)19-9-5-6-10-20(19)26/h4-16H,17H2,1-3H3,(H,27,28,30);3-15H,16H2,1-2H3,(H,27,28,30);3-16H,17H2,1-2H3,(H2,26,27,28,30);2-14H,15H2,1H3,(H,27,28,30). The van der Waals surface area contributed by atoms with Crippen LogP contribution in [0.5, 0.6) is 0 Å². The normalized spacial score (nSPS) is 10.7. The number of nitrogens with one attached hydrogen (secondary N) is 5. The fraction of sp³-hybridized carbons (Fsp3) is 0.120. The number of aryl methyl sites for hydroxylation is 4. The molecule has 0 radical (unpaired) electrons. The Balaban J connectivity index is 0.000000138. The van der Waals surface area contributed by atoms with Gasteiger partial charge in [-0.25, -0.2) is 33.5 Å². The van der Waals surface area contributed by atoms with Crippen LogP contribution >= 0.6 is 11.6 Å². The Hall–Kier alpha value is -14.7. The van der Waals surface area contributed by atoms with Crippen LogP contribution in [-0.2, 0) is 53.9 Å². The molecular weight excluding hydrogens is 1520 g/mol. The van der Waals surface area contributed by atoms with Crippen molar-refractivity contribution < 1.29 is 28.0 Å². The molecule has 0 fully saturated rings. The molecular formula is C100H90ClF2N13O4. The zero-order chi connectivity index (χ0) is 84.2. The molecule has 12 aromatic carbocycles. The summed E-state index contributed by atoms with van der Waals surface area (Å²) >= 11 is 6.05. The zero-order valence-corrected chi connectivity index (χ0v) is 68.5. The highest BCUT2D eigenvalue weighted by molar-refractivity contribution is 6.30. The molecule has 0 spiro atoms. The van der Waals surface area contributed by atoms with Gasteiger partial charge >= 0.3 is 6.03 Å². The van der Waals surface area contributed by atoms with Crippen LogP contribution in [0.2, 0.25) is 5.02 Å². The topological polar surface area (TPSA) is 200 Å². The Morgan fingerprint density at radius 1 is 0.300 bits per heavy atom. The Kier molecular flexibility index (Phi) is 27.3. The number of benzene rings is 12. The molecule has 0 saturated heterocycles. The number of carbonyl (C=O) groups excluding carboxylic acids is 4. The summed E-state index contributed by atoms with van der Waals surface area (Å²) in [5.74, 6) is -0.595. The number of imidazole rings is 4. The van der Waals surface area contributed by atoms with Crippen molar-refractivity contribution in [3.8, 4) is 45.0 Å². The summed E-state index contributed by atoms with van der Waals surface area (Å²) in [6.45, 7) is 8.16. The molecule has 16 aromatic rings. The van der Waals surface area contributed by atoms with Crippen molar-refractivity contribution in [2.24, 2.45) is 28.2 Å². The number of urea groups is 1. The van der Waals surface area contributed by atoms with Crippen LogP contribution in [0.1, 0.15) is 98.4 Å². The lowest BCUT2D eigenvalue weighted by atomic mass is 10.0. The molecule has 120 heavy (non-hydrogen) atoms. The molecule has 0 aliphatic carbocycles. The maximum atomic E-state index is 14.0.